The van der Waals surface area contributed by atoms with Crippen LogP contribution in [0.4, 0.5) is 0 Å². The molecule has 4 nitrogen and oxygen atoms in total. The van der Waals surface area contributed by atoms with Gasteiger partial charge in [-0.05, 0) is 31.0 Å². The standard InChI is InChI=1S/C16H25N3O/c1-2-14-6-3-4-7-15(14)16(20)19-10-5-9-18(11-8-17)12-13-19/h3-4,6-7H,2,5,8-13,17H2,1H3. The van der Waals surface area contributed by atoms with Gasteiger partial charge in [0.05, 0.1) is 0 Å². The normalized spacial score (nSPS) is 17.0. The Morgan fingerprint density at radius 2 is 2.00 bits per heavy atom. The first-order valence-electron chi connectivity index (χ1n) is 7.56. The maximum absolute atomic E-state index is 12.7. The summed E-state index contributed by atoms with van der Waals surface area (Å²) in [5, 5.41) is 0. The van der Waals surface area contributed by atoms with Gasteiger partial charge in [-0.1, -0.05) is 25.1 Å². The van der Waals surface area contributed by atoms with Crippen molar-refractivity contribution in [2.24, 2.45) is 5.73 Å². The zero-order valence-corrected chi connectivity index (χ0v) is 12.3. The minimum atomic E-state index is 0.178. The number of benzene rings is 1. The Balaban J connectivity index is 2.05. The topological polar surface area (TPSA) is 49.6 Å². The van der Waals surface area contributed by atoms with Crippen LogP contribution in [0.25, 0.3) is 0 Å². The molecule has 1 aromatic rings. The number of hydrogen-bond acceptors (Lipinski definition) is 3. The van der Waals surface area contributed by atoms with Gasteiger partial charge in [-0.15, -0.1) is 0 Å². The average Bonchev–Trinajstić information content (AvgIpc) is 2.72. The van der Waals surface area contributed by atoms with E-state index < -0.39 is 0 Å². The molecule has 2 N–H and O–H groups in total. The Morgan fingerprint density at radius 3 is 2.75 bits per heavy atom. The highest BCUT2D eigenvalue weighted by atomic mass is 16.2. The van der Waals surface area contributed by atoms with Crippen LogP contribution in [0.1, 0.15) is 29.3 Å². The molecule has 0 spiro atoms. The van der Waals surface area contributed by atoms with E-state index in [1.165, 1.54) is 0 Å². The largest absolute Gasteiger partial charge is 0.337 e. The molecule has 1 heterocycles. The molecule has 0 radical (unpaired) electrons. The molecule has 20 heavy (non-hydrogen) atoms. The number of nitrogens with zero attached hydrogens (tertiary/aromatic N) is 2. The van der Waals surface area contributed by atoms with Gasteiger partial charge >= 0.3 is 0 Å². The van der Waals surface area contributed by atoms with Crippen LogP contribution in [0.3, 0.4) is 0 Å². The molecule has 0 aromatic heterocycles. The van der Waals surface area contributed by atoms with Crippen LogP contribution in [0.2, 0.25) is 0 Å². The molecule has 1 fully saturated rings. The summed E-state index contributed by atoms with van der Waals surface area (Å²) >= 11 is 0. The van der Waals surface area contributed by atoms with Gasteiger partial charge in [-0.3, -0.25) is 4.79 Å². The van der Waals surface area contributed by atoms with Crippen LogP contribution in [-0.2, 0) is 6.42 Å². The Labute approximate surface area is 121 Å². The van der Waals surface area contributed by atoms with Gasteiger partial charge in [0.2, 0.25) is 0 Å². The lowest BCUT2D eigenvalue weighted by Crippen LogP contribution is -2.36. The Hall–Kier alpha value is -1.39. The van der Waals surface area contributed by atoms with Crippen LogP contribution >= 0.6 is 0 Å². The van der Waals surface area contributed by atoms with Gasteiger partial charge in [0.1, 0.15) is 0 Å². The Bertz CT molecular complexity index is 447. The summed E-state index contributed by atoms with van der Waals surface area (Å²) in [6, 6.07) is 7.95. The molecule has 1 saturated heterocycles. The van der Waals surface area contributed by atoms with E-state index in [4.69, 9.17) is 5.73 Å². The summed E-state index contributed by atoms with van der Waals surface area (Å²) in [5.41, 5.74) is 7.61. The molecule has 4 heteroatoms. The smallest absolute Gasteiger partial charge is 0.254 e. The number of hydrogen-bond donors (Lipinski definition) is 1. The number of carbonyl (C=O) groups is 1. The summed E-state index contributed by atoms with van der Waals surface area (Å²) in [7, 11) is 0. The van der Waals surface area contributed by atoms with E-state index in [2.05, 4.69) is 11.8 Å². The average molecular weight is 275 g/mol. The van der Waals surface area contributed by atoms with Gasteiger partial charge in [-0.25, -0.2) is 0 Å². The molecule has 0 aliphatic carbocycles. The van der Waals surface area contributed by atoms with Crippen molar-refractivity contribution in [3.8, 4) is 0 Å². The van der Waals surface area contributed by atoms with Crippen molar-refractivity contribution >= 4 is 5.91 Å². The third kappa shape index (κ3) is 3.58. The van der Waals surface area contributed by atoms with Gasteiger partial charge in [0.15, 0.2) is 0 Å². The Morgan fingerprint density at radius 1 is 1.20 bits per heavy atom. The zero-order valence-electron chi connectivity index (χ0n) is 12.3. The van der Waals surface area contributed by atoms with E-state index in [0.29, 0.717) is 6.54 Å². The second-order valence-corrected chi connectivity index (χ2v) is 5.29. The molecule has 110 valence electrons. The fourth-order valence-corrected chi connectivity index (χ4v) is 2.79. The molecule has 1 amide bonds. The van der Waals surface area contributed by atoms with Gasteiger partial charge < -0.3 is 15.5 Å². The van der Waals surface area contributed by atoms with Crippen molar-refractivity contribution in [2.75, 3.05) is 39.3 Å². The molecule has 0 unspecified atom stereocenters. The lowest BCUT2D eigenvalue weighted by molar-refractivity contribution is 0.0760. The predicted octanol–water partition coefficient (Wildman–Crippen LogP) is 1.36. The third-order valence-electron chi connectivity index (χ3n) is 3.95. The van der Waals surface area contributed by atoms with Crippen molar-refractivity contribution in [3.63, 3.8) is 0 Å². The number of rotatable bonds is 4. The van der Waals surface area contributed by atoms with Crippen molar-refractivity contribution < 1.29 is 4.79 Å². The molecule has 1 aromatic carbocycles. The molecule has 0 bridgehead atoms. The first-order valence-corrected chi connectivity index (χ1v) is 7.56. The maximum atomic E-state index is 12.7. The fraction of sp³-hybridized carbons (Fsp3) is 0.562. The van der Waals surface area contributed by atoms with Crippen molar-refractivity contribution in [1.82, 2.24) is 9.80 Å². The Kier molecular flexibility index (Phi) is 5.56. The summed E-state index contributed by atoms with van der Waals surface area (Å²) < 4.78 is 0. The summed E-state index contributed by atoms with van der Waals surface area (Å²) in [5.74, 6) is 0.178. The van der Waals surface area contributed by atoms with E-state index in [-0.39, 0.29) is 5.91 Å². The monoisotopic (exact) mass is 275 g/mol. The van der Waals surface area contributed by atoms with Crippen molar-refractivity contribution in [2.45, 2.75) is 19.8 Å². The number of nitrogens with two attached hydrogens (primary N) is 1. The van der Waals surface area contributed by atoms with Gasteiger partial charge in [-0.2, -0.15) is 0 Å². The van der Waals surface area contributed by atoms with Crippen molar-refractivity contribution in [1.29, 1.82) is 0 Å². The minimum Gasteiger partial charge on any atom is -0.337 e. The van der Waals surface area contributed by atoms with E-state index >= 15 is 0 Å². The second kappa shape index (κ2) is 7.41. The highest BCUT2D eigenvalue weighted by Gasteiger charge is 2.21. The van der Waals surface area contributed by atoms with E-state index in [1.807, 2.05) is 29.2 Å². The second-order valence-electron chi connectivity index (χ2n) is 5.29. The summed E-state index contributed by atoms with van der Waals surface area (Å²) in [6.45, 7) is 7.32. The first-order chi connectivity index (χ1) is 9.76. The van der Waals surface area contributed by atoms with Gasteiger partial charge in [0.25, 0.3) is 5.91 Å². The number of aryl methyl sites for hydroxylation is 1. The van der Waals surface area contributed by atoms with Crippen LogP contribution in [0.15, 0.2) is 24.3 Å². The molecule has 2 rings (SSSR count). The van der Waals surface area contributed by atoms with E-state index in [1.54, 1.807) is 0 Å². The highest BCUT2D eigenvalue weighted by molar-refractivity contribution is 5.95. The highest BCUT2D eigenvalue weighted by Crippen LogP contribution is 2.14. The molecule has 1 aliphatic heterocycles. The molecular formula is C16H25N3O. The van der Waals surface area contributed by atoms with Crippen molar-refractivity contribution in [3.05, 3.63) is 35.4 Å². The summed E-state index contributed by atoms with van der Waals surface area (Å²) in [4.78, 5) is 17.0. The quantitative estimate of drug-likeness (QED) is 0.902. The summed E-state index contributed by atoms with van der Waals surface area (Å²) in [6.07, 6.45) is 1.93. The maximum Gasteiger partial charge on any atom is 0.254 e. The van der Waals surface area contributed by atoms with E-state index in [9.17, 15) is 4.79 Å². The molecular weight excluding hydrogens is 250 g/mol. The molecule has 0 saturated carbocycles. The lowest BCUT2D eigenvalue weighted by Gasteiger charge is -2.22. The molecule has 0 atom stereocenters. The SMILES string of the molecule is CCc1ccccc1C(=O)N1CCCN(CCN)CC1. The third-order valence-corrected chi connectivity index (χ3v) is 3.95. The fourth-order valence-electron chi connectivity index (χ4n) is 2.79. The number of amides is 1. The van der Waals surface area contributed by atoms with Crippen LogP contribution in [0, 0.1) is 0 Å². The number of carbonyl (C=O) groups excluding carboxylic acids is 1. The lowest BCUT2D eigenvalue weighted by atomic mass is 10.0. The molecule has 1 aliphatic rings. The van der Waals surface area contributed by atoms with Crippen LogP contribution in [-0.4, -0.2) is 55.0 Å². The minimum absolute atomic E-state index is 0.178. The predicted molar refractivity (Wildman–Crippen MR) is 81.8 cm³/mol. The first kappa shape index (κ1) is 15.0. The van der Waals surface area contributed by atoms with Crippen LogP contribution in [0.5, 0.6) is 0 Å². The zero-order chi connectivity index (χ0) is 14.4. The van der Waals surface area contributed by atoms with Crippen LogP contribution < -0.4 is 5.73 Å². The van der Waals surface area contributed by atoms with E-state index in [0.717, 1.165) is 56.7 Å². The van der Waals surface area contributed by atoms with Gasteiger partial charge in [0, 0.05) is 38.3 Å².